The van der Waals surface area contributed by atoms with Crippen molar-refractivity contribution in [2.75, 3.05) is 13.2 Å². The summed E-state index contributed by atoms with van der Waals surface area (Å²) in [5.41, 5.74) is 5.39. The van der Waals surface area contributed by atoms with Crippen molar-refractivity contribution in [2.24, 2.45) is 11.7 Å². The summed E-state index contributed by atoms with van der Waals surface area (Å²) in [6.07, 6.45) is 2.22. The van der Waals surface area contributed by atoms with Gasteiger partial charge < -0.3 is 15.8 Å². The number of rotatable bonds is 2. The van der Waals surface area contributed by atoms with Gasteiger partial charge in [-0.25, -0.2) is 0 Å². The summed E-state index contributed by atoms with van der Waals surface area (Å²) in [6.45, 7) is 3.86. The van der Waals surface area contributed by atoms with E-state index in [1.165, 1.54) is 0 Å². The largest absolute Gasteiger partial charge is 0.381 e. The number of nitrogens with two attached hydrogens (primary N) is 1. The summed E-state index contributed by atoms with van der Waals surface area (Å²) in [5, 5.41) is 3.46. The molecule has 3 nitrogen and oxygen atoms in total. The van der Waals surface area contributed by atoms with E-state index in [4.69, 9.17) is 22.7 Å². The Morgan fingerprint density at radius 3 is 2.67 bits per heavy atom. The van der Waals surface area contributed by atoms with Gasteiger partial charge in [0.05, 0.1) is 0 Å². The van der Waals surface area contributed by atoms with E-state index in [1.807, 2.05) is 0 Å². The van der Waals surface area contributed by atoms with Crippen molar-refractivity contribution in [2.45, 2.75) is 25.8 Å². The predicted octanol–water partition coefficient (Wildman–Crippen LogP) is 0.635. The maximum Gasteiger partial charge on any atom is 0.163 e. The lowest BCUT2D eigenvalue weighted by Gasteiger charge is -2.28. The van der Waals surface area contributed by atoms with E-state index in [2.05, 4.69) is 12.2 Å². The molecule has 1 atom stereocenters. The summed E-state index contributed by atoms with van der Waals surface area (Å²) in [6, 6.07) is 0.381. The van der Waals surface area contributed by atoms with Crippen LogP contribution in [0.4, 0.5) is 0 Å². The number of ether oxygens (including phenoxy) is 1. The van der Waals surface area contributed by atoms with Gasteiger partial charge in [0.15, 0.2) is 5.11 Å². The smallest absolute Gasteiger partial charge is 0.163 e. The van der Waals surface area contributed by atoms with Gasteiger partial charge in [0.25, 0.3) is 0 Å². The number of nitrogens with one attached hydrogen (secondary N) is 1. The van der Waals surface area contributed by atoms with Crippen LogP contribution in [0.5, 0.6) is 0 Å². The molecule has 1 aliphatic rings. The van der Waals surface area contributed by atoms with Crippen molar-refractivity contribution < 1.29 is 4.74 Å². The average molecular weight is 188 g/mol. The first kappa shape index (κ1) is 9.74. The molecule has 4 heteroatoms. The molecule has 0 bridgehead atoms. The molecule has 70 valence electrons. The lowest BCUT2D eigenvalue weighted by molar-refractivity contribution is 0.0582. The van der Waals surface area contributed by atoms with Crippen molar-refractivity contribution in [1.82, 2.24) is 5.32 Å². The van der Waals surface area contributed by atoms with Crippen molar-refractivity contribution in [3.8, 4) is 0 Å². The highest BCUT2D eigenvalue weighted by Gasteiger charge is 2.20. The van der Waals surface area contributed by atoms with Gasteiger partial charge in [0, 0.05) is 19.3 Å². The maximum atomic E-state index is 5.39. The Morgan fingerprint density at radius 2 is 2.17 bits per heavy atom. The number of hydrogen-bond acceptors (Lipinski definition) is 2. The molecule has 0 aromatic carbocycles. The van der Waals surface area contributed by atoms with Crippen LogP contribution in [0, 0.1) is 5.92 Å². The first-order chi connectivity index (χ1) is 5.70. The zero-order valence-electron chi connectivity index (χ0n) is 7.38. The molecule has 1 aliphatic heterocycles. The first-order valence-electron chi connectivity index (χ1n) is 4.34. The Labute approximate surface area is 78.7 Å². The fourth-order valence-corrected chi connectivity index (χ4v) is 1.74. The van der Waals surface area contributed by atoms with Gasteiger partial charge in [-0.1, -0.05) is 0 Å². The molecule has 1 unspecified atom stereocenters. The molecule has 0 aromatic heterocycles. The van der Waals surface area contributed by atoms with Crippen LogP contribution in [-0.4, -0.2) is 24.4 Å². The predicted molar refractivity (Wildman–Crippen MR) is 52.9 cm³/mol. The van der Waals surface area contributed by atoms with Crippen molar-refractivity contribution in [3.63, 3.8) is 0 Å². The van der Waals surface area contributed by atoms with Crippen LogP contribution in [0.2, 0.25) is 0 Å². The SMILES string of the molecule is CC(NC(N)=S)C1CCOCC1. The molecule has 1 rings (SSSR count). The van der Waals surface area contributed by atoms with E-state index in [9.17, 15) is 0 Å². The third-order valence-corrected chi connectivity index (χ3v) is 2.46. The molecule has 1 saturated heterocycles. The molecule has 0 spiro atoms. The van der Waals surface area contributed by atoms with Gasteiger partial charge in [0.2, 0.25) is 0 Å². The van der Waals surface area contributed by atoms with Crippen LogP contribution >= 0.6 is 12.2 Å². The number of hydrogen-bond donors (Lipinski definition) is 2. The van der Waals surface area contributed by atoms with E-state index in [1.54, 1.807) is 0 Å². The molecule has 1 fully saturated rings. The van der Waals surface area contributed by atoms with E-state index in [-0.39, 0.29) is 0 Å². The third kappa shape index (κ3) is 2.95. The van der Waals surface area contributed by atoms with Gasteiger partial charge in [-0.05, 0) is 37.9 Å². The summed E-state index contributed by atoms with van der Waals surface area (Å²) >= 11 is 4.78. The lowest BCUT2D eigenvalue weighted by Crippen LogP contribution is -2.42. The molecule has 12 heavy (non-hydrogen) atoms. The van der Waals surface area contributed by atoms with Crippen LogP contribution in [0.1, 0.15) is 19.8 Å². The molecular weight excluding hydrogens is 172 g/mol. The van der Waals surface area contributed by atoms with Crippen LogP contribution < -0.4 is 11.1 Å². The van der Waals surface area contributed by atoms with Crippen molar-refractivity contribution in [1.29, 1.82) is 0 Å². The minimum Gasteiger partial charge on any atom is -0.381 e. The van der Waals surface area contributed by atoms with Crippen LogP contribution in [0.25, 0.3) is 0 Å². The second-order valence-corrected chi connectivity index (χ2v) is 3.69. The van der Waals surface area contributed by atoms with Gasteiger partial charge in [-0.3, -0.25) is 0 Å². The fraction of sp³-hybridized carbons (Fsp3) is 0.875. The Hall–Kier alpha value is -0.350. The van der Waals surface area contributed by atoms with Crippen LogP contribution in [0.3, 0.4) is 0 Å². The quantitative estimate of drug-likeness (QED) is 0.624. The molecule has 0 amide bonds. The Balaban J connectivity index is 2.29. The monoisotopic (exact) mass is 188 g/mol. The highest BCUT2D eigenvalue weighted by atomic mass is 32.1. The lowest BCUT2D eigenvalue weighted by atomic mass is 9.93. The Bertz CT molecular complexity index is 157. The van der Waals surface area contributed by atoms with E-state index in [0.717, 1.165) is 26.1 Å². The Morgan fingerprint density at radius 1 is 1.58 bits per heavy atom. The van der Waals surface area contributed by atoms with Gasteiger partial charge >= 0.3 is 0 Å². The zero-order chi connectivity index (χ0) is 8.97. The molecule has 0 radical (unpaired) electrons. The molecule has 0 aromatic rings. The maximum absolute atomic E-state index is 5.39. The topological polar surface area (TPSA) is 47.3 Å². The molecule has 0 aliphatic carbocycles. The minimum absolute atomic E-state index is 0.381. The standard InChI is InChI=1S/C8H16N2OS/c1-6(10-8(9)12)7-2-4-11-5-3-7/h6-7H,2-5H2,1H3,(H3,9,10,12). The van der Waals surface area contributed by atoms with E-state index < -0.39 is 0 Å². The van der Waals surface area contributed by atoms with E-state index >= 15 is 0 Å². The molecular formula is C8H16N2OS. The summed E-state index contributed by atoms with van der Waals surface area (Å²) in [7, 11) is 0. The highest BCUT2D eigenvalue weighted by Crippen LogP contribution is 2.18. The summed E-state index contributed by atoms with van der Waals surface area (Å²) in [4.78, 5) is 0. The van der Waals surface area contributed by atoms with Crippen LogP contribution in [-0.2, 0) is 4.74 Å². The zero-order valence-corrected chi connectivity index (χ0v) is 8.19. The fourth-order valence-electron chi connectivity index (χ4n) is 1.56. The second kappa shape index (κ2) is 4.62. The van der Waals surface area contributed by atoms with Crippen molar-refractivity contribution in [3.05, 3.63) is 0 Å². The number of thiocarbonyl (C=S) groups is 1. The minimum atomic E-state index is 0.381. The Kier molecular flexibility index (Phi) is 3.75. The molecule has 1 heterocycles. The summed E-state index contributed by atoms with van der Waals surface area (Å²) in [5.74, 6) is 0.653. The summed E-state index contributed by atoms with van der Waals surface area (Å²) < 4.78 is 5.26. The normalized spacial score (nSPS) is 21.8. The average Bonchev–Trinajstić information content (AvgIpc) is 2.05. The van der Waals surface area contributed by atoms with Crippen LogP contribution in [0.15, 0.2) is 0 Å². The second-order valence-electron chi connectivity index (χ2n) is 3.25. The highest BCUT2D eigenvalue weighted by molar-refractivity contribution is 7.80. The van der Waals surface area contributed by atoms with E-state index in [0.29, 0.717) is 17.1 Å². The van der Waals surface area contributed by atoms with Crippen molar-refractivity contribution >= 4 is 17.3 Å². The first-order valence-corrected chi connectivity index (χ1v) is 4.74. The molecule has 0 saturated carbocycles. The molecule has 3 N–H and O–H groups in total. The van der Waals surface area contributed by atoms with Gasteiger partial charge in [-0.2, -0.15) is 0 Å². The van der Waals surface area contributed by atoms with Gasteiger partial charge in [0.1, 0.15) is 0 Å². The van der Waals surface area contributed by atoms with Gasteiger partial charge in [-0.15, -0.1) is 0 Å². The third-order valence-electron chi connectivity index (χ3n) is 2.34.